The van der Waals surface area contributed by atoms with Crippen molar-refractivity contribution in [2.24, 2.45) is 0 Å². The van der Waals surface area contributed by atoms with Crippen LogP contribution in [0.25, 0.3) is 0 Å². The molecule has 7 nitrogen and oxygen atoms in total. The van der Waals surface area contributed by atoms with Gasteiger partial charge in [-0.2, -0.15) is 0 Å². The van der Waals surface area contributed by atoms with Crippen LogP contribution >= 0.6 is 0 Å². The number of aliphatic hydroxyl groups is 1. The number of hydrogen-bond donors (Lipinski definition) is 2. The smallest absolute Gasteiger partial charge is 0.269 e. The number of nitrogens with one attached hydrogen (secondary N) is 1. The minimum absolute atomic E-state index is 0.0561. The van der Waals surface area contributed by atoms with Crippen molar-refractivity contribution in [2.75, 3.05) is 44.7 Å². The Morgan fingerprint density at radius 3 is 2.57 bits per heavy atom. The fourth-order valence-corrected chi connectivity index (χ4v) is 2.29. The fourth-order valence-electron chi connectivity index (χ4n) is 2.29. The summed E-state index contributed by atoms with van der Waals surface area (Å²) in [5.41, 5.74) is -0.0671. The molecule has 0 radical (unpaired) electrons. The summed E-state index contributed by atoms with van der Waals surface area (Å²) >= 11 is 0. The first-order valence-electron chi connectivity index (χ1n) is 6.97. The van der Waals surface area contributed by atoms with Crippen LogP contribution in [0.3, 0.4) is 0 Å². The summed E-state index contributed by atoms with van der Waals surface area (Å²) in [6.45, 7) is 5.78. The molecule has 116 valence electrons. The van der Waals surface area contributed by atoms with Gasteiger partial charge in [0.2, 0.25) is 0 Å². The van der Waals surface area contributed by atoms with Gasteiger partial charge in [-0.3, -0.25) is 15.0 Å². The Morgan fingerprint density at radius 2 is 2.00 bits per heavy atom. The number of nitrogens with zero attached hydrogens (tertiary/aromatic N) is 2. The topological polar surface area (TPSA) is 87.9 Å². The van der Waals surface area contributed by atoms with Gasteiger partial charge < -0.3 is 15.2 Å². The minimum Gasteiger partial charge on any atom is -0.387 e. The van der Waals surface area contributed by atoms with E-state index in [1.54, 1.807) is 19.1 Å². The first kappa shape index (κ1) is 15.7. The highest BCUT2D eigenvalue weighted by Crippen LogP contribution is 2.17. The maximum Gasteiger partial charge on any atom is 0.269 e. The Hall–Kier alpha value is -1.70. The van der Waals surface area contributed by atoms with Gasteiger partial charge in [-0.25, -0.2) is 0 Å². The number of non-ortho nitro benzene ring substituents is 1. The Bertz CT molecular complexity index is 470. The zero-order valence-corrected chi connectivity index (χ0v) is 12.1. The molecule has 21 heavy (non-hydrogen) atoms. The van der Waals surface area contributed by atoms with E-state index in [4.69, 9.17) is 4.74 Å². The molecule has 1 aromatic rings. The lowest BCUT2D eigenvalue weighted by atomic mass is 10.1. The number of hydrogen-bond acceptors (Lipinski definition) is 6. The maximum absolute atomic E-state index is 10.6. The Morgan fingerprint density at radius 1 is 1.38 bits per heavy atom. The van der Waals surface area contributed by atoms with E-state index >= 15 is 0 Å². The quantitative estimate of drug-likeness (QED) is 0.603. The summed E-state index contributed by atoms with van der Waals surface area (Å²) < 4.78 is 5.28. The molecule has 0 saturated carbocycles. The first-order valence-corrected chi connectivity index (χ1v) is 6.97. The van der Waals surface area contributed by atoms with Gasteiger partial charge >= 0.3 is 0 Å². The van der Waals surface area contributed by atoms with Crippen molar-refractivity contribution >= 4 is 11.4 Å². The molecule has 1 aliphatic rings. The van der Waals surface area contributed by atoms with Gasteiger partial charge in [0.1, 0.15) is 0 Å². The number of rotatable bonds is 6. The molecule has 0 aliphatic carbocycles. The number of ether oxygens (including phenoxy) is 1. The lowest BCUT2D eigenvalue weighted by molar-refractivity contribution is -0.384. The maximum atomic E-state index is 10.6. The molecule has 1 unspecified atom stereocenters. The Labute approximate surface area is 123 Å². The van der Waals surface area contributed by atoms with Gasteiger partial charge in [0, 0.05) is 44.0 Å². The van der Waals surface area contributed by atoms with Crippen LogP contribution in [0.15, 0.2) is 24.3 Å². The molecule has 0 amide bonds. The van der Waals surface area contributed by atoms with Gasteiger partial charge in [-0.1, -0.05) is 0 Å². The van der Waals surface area contributed by atoms with Crippen LogP contribution in [-0.2, 0) is 4.74 Å². The average molecular weight is 295 g/mol. The highest BCUT2D eigenvalue weighted by molar-refractivity contribution is 5.48. The summed E-state index contributed by atoms with van der Waals surface area (Å²) in [5, 5.41) is 24.1. The molecule has 1 aromatic carbocycles. The molecule has 1 heterocycles. The number of morpholine rings is 1. The molecule has 1 saturated heterocycles. The Balaban J connectivity index is 1.83. The molecular formula is C14H21N3O4. The molecule has 1 fully saturated rings. The third kappa shape index (κ3) is 4.96. The van der Waals surface area contributed by atoms with E-state index in [9.17, 15) is 15.2 Å². The van der Waals surface area contributed by atoms with Crippen molar-refractivity contribution in [1.82, 2.24) is 4.90 Å². The molecule has 2 N–H and O–H groups in total. The minimum atomic E-state index is -0.876. The predicted molar refractivity (Wildman–Crippen MR) is 79.5 cm³/mol. The molecular weight excluding hydrogens is 274 g/mol. The lowest BCUT2D eigenvalue weighted by Gasteiger charge is -2.34. The van der Waals surface area contributed by atoms with E-state index < -0.39 is 10.5 Å². The van der Waals surface area contributed by atoms with Gasteiger partial charge in [0.25, 0.3) is 5.69 Å². The monoisotopic (exact) mass is 295 g/mol. The molecule has 7 heteroatoms. The van der Waals surface area contributed by atoms with Crippen molar-refractivity contribution in [3.63, 3.8) is 0 Å². The van der Waals surface area contributed by atoms with Crippen LogP contribution in [0.2, 0.25) is 0 Å². The second-order valence-electron chi connectivity index (χ2n) is 5.54. The molecule has 0 aromatic heterocycles. The first-order chi connectivity index (χ1) is 9.96. The predicted octanol–water partition coefficient (Wildman–Crippen LogP) is 1.09. The molecule has 0 bridgehead atoms. The van der Waals surface area contributed by atoms with Crippen molar-refractivity contribution < 1.29 is 14.8 Å². The lowest BCUT2D eigenvalue weighted by Crippen LogP contribution is -2.49. The van der Waals surface area contributed by atoms with Crippen LogP contribution in [0.1, 0.15) is 6.92 Å². The van der Waals surface area contributed by atoms with E-state index in [1.807, 2.05) is 0 Å². The van der Waals surface area contributed by atoms with Crippen molar-refractivity contribution in [2.45, 2.75) is 12.5 Å². The molecule has 2 rings (SSSR count). The SMILES string of the molecule is CC(O)(CNc1ccc([N+](=O)[O-])cc1)CN1CCOCC1. The third-order valence-corrected chi connectivity index (χ3v) is 3.42. The summed E-state index contributed by atoms with van der Waals surface area (Å²) in [5.74, 6) is 0. The molecule has 1 atom stereocenters. The number of benzene rings is 1. The van der Waals surface area contributed by atoms with E-state index in [1.165, 1.54) is 12.1 Å². The zero-order valence-electron chi connectivity index (χ0n) is 12.1. The van der Waals surface area contributed by atoms with E-state index in [0.717, 1.165) is 18.8 Å². The largest absolute Gasteiger partial charge is 0.387 e. The third-order valence-electron chi connectivity index (χ3n) is 3.42. The van der Waals surface area contributed by atoms with Gasteiger partial charge in [-0.15, -0.1) is 0 Å². The van der Waals surface area contributed by atoms with E-state index in [2.05, 4.69) is 10.2 Å². The van der Waals surface area contributed by atoms with Crippen molar-refractivity contribution in [3.05, 3.63) is 34.4 Å². The zero-order chi connectivity index (χ0) is 15.3. The molecule has 1 aliphatic heterocycles. The number of anilines is 1. The number of nitro groups is 1. The normalized spacial score (nSPS) is 19.0. The number of β-amino-alcohol motifs (C(OH)–C–C–N with tert-alkyl or cyclic N) is 1. The van der Waals surface area contributed by atoms with Gasteiger partial charge in [0.15, 0.2) is 0 Å². The van der Waals surface area contributed by atoms with Crippen LogP contribution in [0, 0.1) is 10.1 Å². The van der Waals surface area contributed by atoms with E-state index in [-0.39, 0.29) is 5.69 Å². The summed E-state index contributed by atoms with van der Waals surface area (Å²) in [7, 11) is 0. The van der Waals surface area contributed by atoms with Crippen LogP contribution in [-0.4, -0.2) is 59.9 Å². The Kier molecular flexibility index (Phi) is 5.11. The standard InChI is InChI=1S/C14H21N3O4/c1-14(18,11-16-6-8-21-9-7-16)10-15-12-2-4-13(5-3-12)17(19)20/h2-5,15,18H,6-11H2,1H3. The summed E-state index contributed by atoms with van der Waals surface area (Å²) in [6.07, 6.45) is 0. The second kappa shape index (κ2) is 6.84. The fraction of sp³-hybridized carbons (Fsp3) is 0.571. The van der Waals surface area contributed by atoms with Crippen LogP contribution in [0.5, 0.6) is 0 Å². The van der Waals surface area contributed by atoms with Gasteiger partial charge in [0.05, 0.1) is 23.7 Å². The highest BCUT2D eigenvalue weighted by Gasteiger charge is 2.25. The molecule has 0 spiro atoms. The summed E-state index contributed by atoms with van der Waals surface area (Å²) in [4.78, 5) is 12.3. The van der Waals surface area contributed by atoms with Crippen molar-refractivity contribution in [1.29, 1.82) is 0 Å². The number of nitro benzene ring substituents is 1. The highest BCUT2D eigenvalue weighted by atomic mass is 16.6. The average Bonchev–Trinajstić information content (AvgIpc) is 2.46. The van der Waals surface area contributed by atoms with Crippen molar-refractivity contribution in [3.8, 4) is 0 Å². The van der Waals surface area contributed by atoms with Crippen LogP contribution in [0.4, 0.5) is 11.4 Å². The van der Waals surface area contributed by atoms with E-state index in [0.29, 0.717) is 26.3 Å². The summed E-state index contributed by atoms with van der Waals surface area (Å²) in [6, 6.07) is 6.17. The van der Waals surface area contributed by atoms with Gasteiger partial charge in [-0.05, 0) is 19.1 Å². The second-order valence-corrected chi connectivity index (χ2v) is 5.54. The van der Waals surface area contributed by atoms with Crippen LogP contribution < -0.4 is 5.32 Å².